The lowest BCUT2D eigenvalue weighted by Crippen LogP contribution is -2.10. The fourth-order valence-electron chi connectivity index (χ4n) is 3.18. The number of carbonyl (C=O) groups excluding carboxylic acids is 1. The summed E-state index contributed by atoms with van der Waals surface area (Å²) < 4.78 is 7.66. The van der Waals surface area contributed by atoms with Gasteiger partial charge in [0.05, 0.1) is 11.0 Å². The van der Waals surface area contributed by atoms with E-state index in [0.29, 0.717) is 5.76 Å². The minimum atomic E-state index is -0.238. The van der Waals surface area contributed by atoms with Crippen molar-refractivity contribution in [3.63, 3.8) is 0 Å². The Morgan fingerprint density at radius 3 is 2.96 bits per heavy atom. The summed E-state index contributed by atoms with van der Waals surface area (Å²) in [4.78, 5) is 16.9. The molecule has 1 aliphatic heterocycles. The van der Waals surface area contributed by atoms with Gasteiger partial charge in [-0.25, -0.2) is 4.98 Å². The first kappa shape index (κ1) is 14.1. The van der Waals surface area contributed by atoms with Crippen molar-refractivity contribution >= 4 is 22.6 Å². The van der Waals surface area contributed by atoms with Crippen molar-refractivity contribution < 1.29 is 9.21 Å². The Morgan fingerprint density at radius 2 is 2.13 bits per heavy atom. The summed E-state index contributed by atoms with van der Waals surface area (Å²) in [5.41, 5.74) is 2.83. The summed E-state index contributed by atoms with van der Waals surface area (Å²) in [5, 5.41) is 2.87. The summed E-state index contributed by atoms with van der Waals surface area (Å²) in [6.07, 6.45) is 4.70. The van der Waals surface area contributed by atoms with Crippen LogP contribution in [-0.4, -0.2) is 15.5 Å². The van der Waals surface area contributed by atoms with Crippen LogP contribution in [-0.2, 0) is 13.0 Å². The van der Waals surface area contributed by atoms with Crippen LogP contribution >= 0.6 is 0 Å². The molecule has 0 spiro atoms. The number of hydrogen-bond donors (Lipinski definition) is 1. The Labute approximate surface area is 134 Å². The highest BCUT2D eigenvalue weighted by molar-refractivity contribution is 6.03. The monoisotopic (exact) mass is 309 g/mol. The molecule has 3 heterocycles. The van der Waals surface area contributed by atoms with Gasteiger partial charge in [-0.2, -0.15) is 0 Å². The SMILES string of the molecule is Cc1ccc(C(=O)Nc2ccc3c(c2)nc2n3CCCCC2)o1. The molecule has 1 aromatic carbocycles. The van der Waals surface area contributed by atoms with Gasteiger partial charge in [0, 0.05) is 18.7 Å². The molecule has 3 aromatic rings. The molecule has 0 radical (unpaired) electrons. The molecular formula is C18H19N3O2. The molecular weight excluding hydrogens is 290 g/mol. The zero-order valence-electron chi connectivity index (χ0n) is 13.1. The number of hydrogen-bond acceptors (Lipinski definition) is 3. The number of aromatic nitrogens is 2. The summed E-state index contributed by atoms with van der Waals surface area (Å²) in [6.45, 7) is 2.85. The Morgan fingerprint density at radius 1 is 1.22 bits per heavy atom. The third-order valence-electron chi connectivity index (χ3n) is 4.33. The van der Waals surface area contributed by atoms with Gasteiger partial charge in [0.2, 0.25) is 0 Å². The summed E-state index contributed by atoms with van der Waals surface area (Å²) in [6, 6.07) is 9.37. The number of imidazole rings is 1. The van der Waals surface area contributed by atoms with Gasteiger partial charge >= 0.3 is 0 Å². The van der Waals surface area contributed by atoms with E-state index in [2.05, 4.69) is 9.88 Å². The van der Waals surface area contributed by atoms with Gasteiger partial charge in [0.25, 0.3) is 5.91 Å². The largest absolute Gasteiger partial charge is 0.456 e. The molecule has 0 fully saturated rings. The number of rotatable bonds is 2. The zero-order chi connectivity index (χ0) is 15.8. The lowest BCUT2D eigenvalue weighted by molar-refractivity contribution is 0.0995. The van der Waals surface area contributed by atoms with E-state index in [0.717, 1.165) is 41.3 Å². The van der Waals surface area contributed by atoms with E-state index in [-0.39, 0.29) is 5.91 Å². The number of nitrogens with one attached hydrogen (secondary N) is 1. The fraction of sp³-hybridized carbons (Fsp3) is 0.333. The molecule has 0 unspecified atom stereocenters. The highest BCUT2D eigenvalue weighted by Gasteiger charge is 2.15. The van der Waals surface area contributed by atoms with Gasteiger partial charge in [-0.05, 0) is 50.1 Å². The molecule has 0 aliphatic carbocycles. The van der Waals surface area contributed by atoms with E-state index in [1.54, 1.807) is 12.1 Å². The summed E-state index contributed by atoms with van der Waals surface area (Å²) in [7, 11) is 0. The van der Waals surface area contributed by atoms with Crippen molar-refractivity contribution in [2.45, 2.75) is 39.2 Å². The first-order chi connectivity index (χ1) is 11.2. The number of benzene rings is 1. The lowest BCUT2D eigenvalue weighted by Gasteiger charge is -2.05. The second-order valence-corrected chi connectivity index (χ2v) is 6.06. The first-order valence-corrected chi connectivity index (χ1v) is 8.08. The van der Waals surface area contributed by atoms with Crippen molar-refractivity contribution in [2.75, 3.05) is 5.32 Å². The fourth-order valence-corrected chi connectivity index (χ4v) is 3.18. The van der Waals surface area contributed by atoms with E-state index in [9.17, 15) is 4.79 Å². The van der Waals surface area contributed by atoms with Crippen LogP contribution in [0.3, 0.4) is 0 Å². The van der Waals surface area contributed by atoms with Gasteiger partial charge in [-0.1, -0.05) is 6.42 Å². The van der Waals surface area contributed by atoms with Gasteiger partial charge in [0.15, 0.2) is 5.76 Å². The van der Waals surface area contributed by atoms with Crippen LogP contribution in [0.2, 0.25) is 0 Å². The standard InChI is InChI=1S/C18H19N3O2/c1-12-6-9-16(23-12)18(22)19-13-7-8-15-14(11-13)20-17-5-3-2-4-10-21(15)17/h6-9,11H,2-5,10H2,1H3,(H,19,22). The van der Waals surface area contributed by atoms with E-state index in [1.807, 2.05) is 25.1 Å². The van der Waals surface area contributed by atoms with E-state index < -0.39 is 0 Å². The first-order valence-electron chi connectivity index (χ1n) is 8.08. The maximum absolute atomic E-state index is 12.2. The molecule has 0 bridgehead atoms. The summed E-state index contributed by atoms with van der Waals surface area (Å²) >= 11 is 0. The highest BCUT2D eigenvalue weighted by Crippen LogP contribution is 2.24. The highest BCUT2D eigenvalue weighted by atomic mass is 16.3. The van der Waals surface area contributed by atoms with Crippen molar-refractivity contribution in [1.29, 1.82) is 0 Å². The number of amides is 1. The molecule has 1 amide bonds. The molecule has 0 saturated carbocycles. The Hall–Kier alpha value is -2.56. The van der Waals surface area contributed by atoms with Crippen LogP contribution in [0.15, 0.2) is 34.7 Å². The zero-order valence-corrected chi connectivity index (χ0v) is 13.1. The second-order valence-electron chi connectivity index (χ2n) is 6.06. The molecule has 5 nitrogen and oxygen atoms in total. The predicted molar refractivity (Wildman–Crippen MR) is 88.7 cm³/mol. The summed E-state index contributed by atoms with van der Waals surface area (Å²) in [5.74, 6) is 1.97. The van der Waals surface area contributed by atoms with Crippen molar-refractivity contribution in [1.82, 2.24) is 9.55 Å². The average Bonchev–Trinajstić information content (AvgIpc) is 3.03. The van der Waals surface area contributed by atoms with E-state index >= 15 is 0 Å². The van der Waals surface area contributed by atoms with Crippen LogP contribution in [0.25, 0.3) is 11.0 Å². The molecule has 0 atom stereocenters. The normalized spacial score (nSPS) is 14.5. The number of aryl methyl sites for hydroxylation is 3. The molecule has 4 rings (SSSR count). The average molecular weight is 309 g/mol. The maximum atomic E-state index is 12.2. The minimum absolute atomic E-state index is 0.238. The minimum Gasteiger partial charge on any atom is -0.456 e. The molecule has 23 heavy (non-hydrogen) atoms. The third-order valence-corrected chi connectivity index (χ3v) is 4.33. The van der Waals surface area contributed by atoms with Crippen LogP contribution in [0.4, 0.5) is 5.69 Å². The Kier molecular flexibility index (Phi) is 3.41. The van der Waals surface area contributed by atoms with E-state index in [1.165, 1.54) is 19.3 Å². The van der Waals surface area contributed by atoms with Gasteiger partial charge < -0.3 is 14.3 Å². The number of carbonyl (C=O) groups is 1. The Bertz CT molecular complexity index is 876. The third kappa shape index (κ3) is 2.63. The number of fused-ring (bicyclic) bond motifs is 3. The van der Waals surface area contributed by atoms with Crippen LogP contribution in [0, 0.1) is 6.92 Å². The molecule has 2 aromatic heterocycles. The quantitative estimate of drug-likeness (QED) is 0.780. The Balaban J connectivity index is 1.63. The molecule has 0 saturated heterocycles. The molecule has 1 N–H and O–H groups in total. The topological polar surface area (TPSA) is 60.1 Å². The van der Waals surface area contributed by atoms with E-state index in [4.69, 9.17) is 9.40 Å². The predicted octanol–water partition coefficient (Wildman–Crippen LogP) is 3.92. The van der Waals surface area contributed by atoms with Gasteiger partial charge in [0.1, 0.15) is 11.6 Å². The second kappa shape index (κ2) is 5.57. The maximum Gasteiger partial charge on any atom is 0.291 e. The van der Waals surface area contributed by atoms with Crippen LogP contribution in [0.5, 0.6) is 0 Å². The van der Waals surface area contributed by atoms with Gasteiger partial charge in [-0.15, -0.1) is 0 Å². The number of nitrogens with zero attached hydrogens (tertiary/aromatic N) is 2. The molecule has 5 heteroatoms. The molecule has 118 valence electrons. The van der Waals surface area contributed by atoms with Gasteiger partial charge in [-0.3, -0.25) is 4.79 Å². The lowest BCUT2D eigenvalue weighted by atomic mass is 10.2. The number of furan rings is 1. The number of anilines is 1. The van der Waals surface area contributed by atoms with Crippen molar-refractivity contribution in [3.8, 4) is 0 Å². The van der Waals surface area contributed by atoms with Crippen LogP contribution in [0.1, 0.15) is 41.4 Å². The smallest absolute Gasteiger partial charge is 0.291 e. The molecule has 1 aliphatic rings. The van der Waals surface area contributed by atoms with Crippen molar-refractivity contribution in [3.05, 3.63) is 47.7 Å². The van der Waals surface area contributed by atoms with Crippen LogP contribution < -0.4 is 5.32 Å². The van der Waals surface area contributed by atoms with Crippen molar-refractivity contribution in [2.24, 2.45) is 0 Å².